The highest BCUT2D eigenvalue weighted by Gasteiger charge is 2.37. The maximum atomic E-state index is 12.9. The van der Waals surface area contributed by atoms with Crippen molar-refractivity contribution in [1.82, 2.24) is 4.98 Å². The van der Waals surface area contributed by atoms with Crippen LogP contribution in [-0.2, 0) is 11.8 Å². The minimum Gasteiger partial charge on any atom is -0.478 e. The number of halogens is 3. The van der Waals surface area contributed by atoms with Crippen molar-refractivity contribution in [2.24, 2.45) is 0 Å². The number of carboxylic acid groups (broad SMARTS) is 1. The van der Waals surface area contributed by atoms with Crippen molar-refractivity contribution in [3.63, 3.8) is 0 Å². The molecule has 3 rings (SSSR count). The number of anilines is 1. The van der Waals surface area contributed by atoms with Gasteiger partial charge in [0.25, 0.3) is 0 Å². The topological polar surface area (TPSA) is 73.7 Å². The number of carbonyl (C=O) groups is 1. The third kappa shape index (κ3) is 3.65. The van der Waals surface area contributed by atoms with Gasteiger partial charge in [-0.15, -0.1) is 0 Å². The highest BCUT2D eigenvalue weighted by molar-refractivity contribution is 5.87. The Morgan fingerprint density at radius 1 is 1.15 bits per heavy atom. The number of carboxylic acids is 1. The number of nitrogens with zero attached hydrogens (tertiary/aromatic N) is 2. The lowest BCUT2D eigenvalue weighted by Crippen LogP contribution is -2.43. The van der Waals surface area contributed by atoms with Crippen LogP contribution >= 0.6 is 0 Å². The molecule has 1 aromatic heterocycles. The molecule has 8 heteroatoms. The molecule has 5 nitrogen and oxygen atoms in total. The van der Waals surface area contributed by atoms with E-state index in [9.17, 15) is 23.1 Å². The lowest BCUT2D eigenvalue weighted by atomic mass is 9.83. The molecule has 2 heterocycles. The fraction of sp³-hybridized carbons (Fsp3) is 0.333. The number of hydrogen-bond acceptors (Lipinski definition) is 4. The molecular weight excluding hydrogens is 349 g/mol. The van der Waals surface area contributed by atoms with Gasteiger partial charge < -0.3 is 15.1 Å². The van der Waals surface area contributed by atoms with Crippen LogP contribution in [0.1, 0.15) is 34.3 Å². The van der Waals surface area contributed by atoms with Crippen LogP contribution < -0.4 is 4.90 Å². The van der Waals surface area contributed by atoms with Gasteiger partial charge in [0.2, 0.25) is 0 Å². The number of alkyl halides is 3. The minimum atomic E-state index is -4.46. The van der Waals surface area contributed by atoms with Gasteiger partial charge in [-0.2, -0.15) is 13.2 Å². The molecule has 0 spiro atoms. The van der Waals surface area contributed by atoms with Crippen molar-refractivity contribution in [1.29, 1.82) is 0 Å². The summed E-state index contributed by atoms with van der Waals surface area (Å²) in [5, 5.41) is 19.7. The molecule has 0 unspecified atom stereocenters. The maximum Gasteiger partial charge on any atom is 0.416 e. The molecule has 138 valence electrons. The summed E-state index contributed by atoms with van der Waals surface area (Å²) in [6, 6.07) is 7.81. The fourth-order valence-electron chi connectivity index (χ4n) is 3.08. The van der Waals surface area contributed by atoms with E-state index in [1.54, 1.807) is 6.07 Å². The normalized spacial score (nSPS) is 17.2. The quantitative estimate of drug-likeness (QED) is 0.872. The van der Waals surface area contributed by atoms with Crippen molar-refractivity contribution in [3.8, 4) is 0 Å². The second-order valence-electron chi connectivity index (χ2n) is 6.31. The summed E-state index contributed by atoms with van der Waals surface area (Å²) < 4.78 is 38.7. The largest absolute Gasteiger partial charge is 0.478 e. The van der Waals surface area contributed by atoms with Crippen LogP contribution in [0.25, 0.3) is 0 Å². The molecular formula is C18H17F3N2O3. The molecule has 1 aliphatic rings. The summed E-state index contributed by atoms with van der Waals surface area (Å²) in [6.45, 7) is 0.790. The lowest BCUT2D eigenvalue weighted by molar-refractivity contribution is -0.137. The third-order valence-electron chi connectivity index (χ3n) is 4.64. The van der Waals surface area contributed by atoms with Crippen LogP contribution in [0.15, 0.2) is 42.6 Å². The van der Waals surface area contributed by atoms with Crippen LogP contribution in [0, 0.1) is 0 Å². The highest BCUT2D eigenvalue weighted by atomic mass is 19.4. The first-order valence-electron chi connectivity index (χ1n) is 8.03. The predicted octanol–water partition coefficient (Wildman–Crippen LogP) is 3.29. The van der Waals surface area contributed by atoms with E-state index in [0.29, 0.717) is 18.9 Å². The van der Waals surface area contributed by atoms with Crippen LogP contribution in [-0.4, -0.2) is 34.3 Å². The van der Waals surface area contributed by atoms with Crippen molar-refractivity contribution in [2.45, 2.75) is 24.6 Å². The predicted molar refractivity (Wildman–Crippen MR) is 88.0 cm³/mol. The Morgan fingerprint density at radius 2 is 1.85 bits per heavy atom. The number of rotatable bonds is 3. The number of hydrogen-bond donors (Lipinski definition) is 2. The SMILES string of the molecule is O=C(O)c1ccc(N2CCC(O)(c3cccc(C(F)(F)F)c3)CC2)nc1. The Balaban J connectivity index is 1.74. The second-order valence-corrected chi connectivity index (χ2v) is 6.31. The Morgan fingerprint density at radius 3 is 2.38 bits per heavy atom. The van der Waals surface area contributed by atoms with Gasteiger partial charge in [0.1, 0.15) is 5.82 Å². The first kappa shape index (κ1) is 18.2. The highest BCUT2D eigenvalue weighted by Crippen LogP contribution is 2.37. The first-order valence-corrected chi connectivity index (χ1v) is 8.03. The Labute approximate surface area is 147 Å². The number of benzene rings is 1. The molecule has 2 aromatic rings. The number of pyridine rings is 1. The summed E-state index contributed by atoms with van der Waals surface area (Å²) in [5.74, 6) is -0.497. The minimum absolute atomic E-state index is 0.0752. The van der Waals surface area contributed by atoms with Gasteiger partial charge in [-0.1, -0.05) is 12.1 Å². The summed E-state index contributed by atoms with van der Waals surface area (Å²) >= 11 is 0. The average molecular weight is 366 g/mol. The van der Waals surface area contributed by atoms with Gasteiger partial charge in [0.05, 0.1) is 16.7 Å². The van der Waals surface area contributed by atoms with E-state index in [-0.39, 0.29) is 24.0 Å². The fourth-order valence-corrected chi connectivity index (χ4v) is 3.08. The summed E-state index contributed by atoms with van der Waals surface area (Å²) in [7, 11) is 0. The molecule has 0 bridgehead atoms. The standard InChI is InChI=1S/C18H17F3N2O3/c19-18(20,21)14-3-1-2-13(10-14)17(26)6-8-23(9-7-17)15-5-4-12(11-22-15)16(24)25/h1-5,10-11,26H,6-9H2,(H,24,25). The smallest absolute Gasteiger partial charge is 0.416 e. The molecule has 0 radical (unpaired) electrons. The van der Waals surface area contributed by atoms with E-state index in [2.05, 4.69) is 4.98 Å². The summed E-state index contributed by atoms with van der Waals surface area (Å²) in [4.78, 5) is 16.8. The van der Waals surface area contributed by atoms with E-state index in [0.717, 1.165) is 12.1 Å². The summed E-state index contributed by atoms with van der Waals surface area (Å²) in [5.41, 5.74) is -1.79. The molecule has 0 aliphatic carbocycles. The number of aliphatic hydroxyl groups is 1. The first-order chi connectivity index (χ1) is 12.2. The van der Waals surface area contributed by atoms with Crippen LogP contribution in [0.4, 0.5) is 19.0 Å². The molecule has 1 aliphatic heterocycles. The van der Waals surface area contributed by atoms with E-state index in [1.165, 1.54) is 24.4 Å². The van der Waals surface area contributed by atoms with Gasteiger partial charge in [0, 0.05) is 19.3 Å². The molecule has 1 fully saturated rings. The third-order valence-corrected chi connectivity index (χ3v) is 4.64. The molecule has 0 atom stereocenters. The lowest BCUT2D eigenvalue weighted by Gasteiger charge is -2.39. The van der Waals surface area contributed by atoms with Crippen molar-refractivity contribution < 1.29 is 28.2 Å². The molecule has 1 saturated heterocycles. The molecule has 0 amide bonds. The summed E-state index contributed by atoms with van der Waals surface area (Å²) in [6.07, 6.45) is -2.71. The van der Waals surface area contributed by atoms with Gasteiger partial charge >= 0.3 is 12.1 Å². The maximum absolute atomic E-state index is 12.9. The zero-order valence-corrected chi connectivity index (χ0v) is 13.7. The molecule has 1 aromatic carbocycles. The Hall–Kier alpha value is -2.61. The Bertz CT molecular complexity index is 798. The van der Waals surface area contributed by atoms with E-state index >= 15 is 0 Å². The number of piperidine rings is 1. The molecule has 2 N–H and O–H groups in total. The second kappa shape index (κ2) is 6.60. The average Bonchev–Trinajstić information content (AvgIpc) is 2.62. The van der Waals surface area contributed by atoms with Crippen molar-refractivity contribution in [2.75, 3.05) is 18.0 Å². The molecule has 0 saturated carbocycles. The molecule has 26 heavy (non-hydrogen) atoms. The van der Waals surface area contributed by atoms with Crippen LogP contribution in [0.3, 0.4) is 0 Å². The Kier molecular flexibility index (Phi) is 4.62. The number of aromatic carboxylic acids is 1. The zero-order chi connectivity index (χ0) is 18.9. The van der Waals surface area contributed by atoms with Crippen molar-refractivity contribution >= 4 is 11.8 Å². The zero-order valence-electron chi connectivity index (χ0n) is 13.7. The van der Waals surface area contributed by atoms with Gasteiger partial charge in [-0.25, -0.2) is 9.78 Å². The van der Waals surface area contributed by atoms with Crippen LogP contribution in [0.2, 0.25) is 0 Å². The van der Waals surface area contributed by atoms with E-state index in [1.807, 2.05) is 4.90 Å². The van der Waals surface area contributed by atoms with Gasteiger partial charge in [-0.3, -0.25) is 0 Å². The van der Waals surface area contributed by atoms with Gasteiger partial charge in [-0.05, 0) is 42.7 Å². The monoisotopic (exact) mass is 366 g/mol. The van der Waals surface area contributed by atoms with E-state index in [4.69, 9.17) is 5.11 Å². The number of aromatic nitrogens is 1. The van der Waals surface area contributed by atoms with Gasteiger partial charge in [0.15, 0.2) is 0 Å². The van der Waals surface area contributed by atoms with Crippen LogP contribution in [0.5, 0.6) is 0 Å². The van der Waals surface area contributed by atoms with Crippen molar-refractivity contribution in [3.05, 3.63) is 59.3 Å². The van der Waals surface area contributed by atoms with E-state index < -0.39 is 23.3 Å².